The van der Waals surface area contributed by atoms with E-state index in [4.69, 9.17) is 9.52 Å². The number of ether oxygens (including phenoxy) is 1. The van der Waals surface area contributed by atoms with Gasteiger partial charge >= 0.3 is 12.1 Å². The average Bonchev–Trinajstić information content (AvgIpc) is 2.73. The van der Waals surface area contributed by atoms with Gasteiger partial charge in [-0.2, -0.15) is 0 Å². The van der Waals surface area contributed by atoms with Crippen LogP contribution in [0.2, 0.25) is 0 Å². The number of hydrogen-bond donors (Lipinski definition) is 1. The number of carbonyl (C=O) groups is 1. The van der Waals surface area contributed by atoms with Crippen molar-refractivity contribution in [3.63, 3.8) is 0 Å². The summed E-state index contributed by atoms with van der Waals surface area (Å²) in [6.45, 7) is 1.97. The topological polar surface area (TPSA) is 72.6 Å². The molecule has 0 bridgehead atoms. The van der Waals surface area contributed by atoms with Crippen LogP contribution in [0.1, 0.15) is 19.0 Å². The molecule has 94 valence electrons. The fraction of sp³-hybridized carbons (Fsp3) is 0.231. The molecular formula is C13H13NO4. The number of nitrogens with zero attached hydrogens (tertiary/aromatic N) is 1. The number of carboxylic acid groups (broad SMARTS) is 1. The summed E-state index contributed by atoms with van der Waals surface area (Å²) >= 11 is 0. The molecule has 1 aromatic carbocycles. The quantitative estimate of drug-likeness (QED) is 0.839. The van der Waals surface area contributed by atoms with Crippen molar-refractivity contribution in [3.8, 4) is 17.4 Å². The zero-order valence-electron chi connectivity index (χ0n) is 9.92. The molecule has 0 saturated heterocycles. The van der Waals surface area contributed by atoms with Gasteiger partial charge in [-0.1, -0.05) is 31.5 Å². The Morgan fingerprint density at radius 3 is 2.72 bits per heavy atom. The number of hydrogen-bond acceptors (Lipinski definition) is 4. The van der Waals surface area contributed by atoms with Crippen molar-refractivity contribution in [2.75, 3.05) is 0 Å². The predicted octanol–water partition coefficient (Wildman–Crippen LogP) is 3.35. The summed E-state index contributed by atoms with van der Waals surface area (Å²) in [5, 5.41) is 8.63. The molecule has 5 heteroatoms. The number of rotatable bonds is 4. The van der Waals surface area contributed by atoms with Crippen LogP contribution in [0.5, 0.6) is 5.95 Å². The molecule has 18 heavy (non-hydrogen) atoms. The molecule has 1 N–H and O–H groups in total. The van der Waals surface area contributed by atoms with Crippen molar-refractivity contribution in [2.45, 2.75) is 19.8 Å². The number of oxazole rings is 1. The van der Waals surface area contributed by atoms with Crippen LogP contribution >= 0.6 is 0 Å². The number of aryl methyl sites for hydroxylation is 1. The lowest BCUT2D eigenvalue weighted by atomic mass is 10.2. The molecule has 0 amide bonds. The smallest absolute Gasteiger partial charge is 0.449 e. The molecule has 2 rings (SSSR count). The summed E-state index contributed by atoms with van der Waals surface area (Å²) in [4.78, 5) is 14.8. The maximum Gasteiger partial charge on any atom is 0.513 e. The third-order valence-electron chi connectivity index (χ3n) is 2.35. The van der Waals surface area contributed by atoms with Crippen molar-refractivity contribution < 1.29 is 19.1 Å². The van der Waals surface area contributed by atoms with Gasteiger partial charge in [-0.15, -0.1) is 0 Å². The van der Waals surface area contributed by atoms with Gasteiger partial charge in [-0.25, -0.2) is 9.78 Å². The molecule has 2 aromatic rings. The maximum atomic E-state index is 10.6. The third kappa shape index (κ3) is 2.68. The van der Waals surface area contributed by atoms with Gasteiger partial charge in [0.25, 0.3) is 0 Å². The lowest BCUT2D eigenvalue weighted by Crippen LogP contribution is -2.04. The van der Waals surface area contributed by atoms with Crippen LogP contribution in [0, 0.1) is 0 Å². The fourth-order valence-corrected chi connectivity index (χ4v) is 1.60. The van der Waals surface area contributed by atoms with Gasteiger partial charge < -0.3 is 14.3 Å². The molecule has 0 aliphatic rings. The highest BCUT2D eigenvalue weighted by molar-refractivity contribution is 5.61. The van der Waals surface area contributed by atoms with E-state index in [2.05, 4.69) is 9.72 Å². The molecule has 0 unspecified atom stereocenters. The van der Waals surface area contributed by atoms with Crippen molar-refractivity contribution in [2.24, 2.45) is 0 Å². The first-order chi connectivity index (χ1) is 8.70. The van der Waals surface area contributed by atoms with E-state index < -0.39 is 6.16 Å². The second-order valence-electron chi connectivity index (χ2n) is 3.74. The molecule has 0 aliphatic carbocycles. The minimum Gasteiger partial charge on any atom is -0.449 e. The fourth-order valence-electron chi connectivity index (χ4n) is 1.60. The zero-order chi connectivity index (χ0) is 13.0. The minimum atomic E-state index is -1.40. The van der Waals surface area contributed by atoms with Gasteiger partial charge in [0, 0.05) is 5.56 Å². The SMILES string of the molecule is CCCc1nc(-c2ccccc2)oc1OC(=O)O. The molecule has 1 aromatic heterocycles. The Morgan fingerprint density at radius 1 is 1.39 bits per heavy atom. The van der Waals surface area contributed by atoms with E-state index in [0.29, 0.717) is 18.0 Å². The summed E-state index contributed by atoms with van der Waals surface area (Å²) in [6.07, 6.45) is 0.0403. The second-order valence-corrected chi connectivity index (χ2v) is 3.74. The maximum absolute atomic E-state index is 10.6. The highest BCUT2D eigenvalue weighted by Gasteiger charge is 2.17. The lowest BCUT2D eigenvalue weighted by molar-refractivity contribution is 0.132. The van der Waals surface area contributed by atoms with Crippen LogP contribution in [0.4, 0.5) is 4.79 Å². The first-order valence-electron chi connectivity index (χ1n) is 5.66. The Morgan fingerprint density at radius 2 is 2.11 bits per heavy atom. The molecule has 0 radical (unpaired) electrons. The summed E-state index contributed by atoms with van der Waals surface area (Å²) in [7, 11) is 0. The Kier molecular flexibility index (Phi) is 3.62. The van der Waals surface area contributed by atoms with E-state index in [-0.39, 0.29) is 5.95 Å². The van der Waals surface area contributed by atoms with Crippen molar-refractivity contribution in [1.29, 1.82) is 0 Å². The van der Waals surface area contributed by atoms with Gasteiger partial charge in [0.05, 0.1) is 0 Å². The van der Waals surface area contributed by atoms with Crippen LogP contribution in [-0.2, 0) is 6.42 Å². The van der Waals surface area contributed by atoms with Crippen LogP contribution in [0.15, 0.2) is 34.7 Å². The summed E-state index contributed by atoms with van der Waals surface area (Å²) in [5.41, 5.74) is 1.31. The number of aromatic nitrogens is 1. The molecule has 1 heterocycles. The molecular weight excluding hydrogens is 234 g/mol. The Hall–Kier alpha value is -2.30. The van der Waals surface area contributed by atoms with Crippen molar-refractivity contribution >= 4 is 6.16 Å². The van der Waals surface area contributed by atoms with E-state index in [1.54, 1.807) is 0 Å². The molecule has 5 nitrogen and oxygen atoms in total. The van der Waals surface area contributed by atoms with E-state index in [9.17, 15) is 4.79 Å². The Labute approximate surface area is 104 Å². The van der Waals surface area contributed by atoms with E-state index >= 15 is 0 Å². The van der Waals surface area contributed by atoms with Crippen LogP contribution in [0.25, 0.3) is 11.5 Å². The first-order valence-corrected chi connectivity index (χ1v) is 5.66. The minimum absolute atomic E-state index is 0.0387. The van der Waals surface area contributed by atoms with Crippen LogP contribution < -0.4 is 4.74 Å². The Bertz CT molecular complexity index is 533. The molecule has 0 atom stereocenters. The number of benzene rings is 1. The zero-order valence-corrected chi connectivity index (χ0v) is 9.92. The van der Waals surface area contributed by atoms with Gasteiger partial charge in [-0.3, -0.25) is 0 Å². The largest absolute Gasteiger partial charge is 0.513 e. The van der Waals surface area contributed by atoms with Crippen molar-refractivity contribution in [3.05, 3.63) is 36.0 Å². The first kappa shape index (κ1) is 12.2. The summed E-state index contributed by atoms with van der Waals surface area (Å²) < 4.78 is 9.94. The highest BCUT2D eigenvalue weighted by atomic mass is 16.7. The summed E-state index contributed by atoms with van der Waals surface area (Å²) in [6, 6.07) is 9.28. The van der Waals surface area contributed by atoms with E-state index in [0.717, 1.165) is 12.0 Å². The van der Waals surface area contributed by atoms with Crippen LogP contribution in [0.3, 0.4) is 0 Å². The predicted molar refractivity (Wildman–Crippen MR) is 64.6 cm³/mol. The van der Waals surface area contributed by atoms with Gasteiger partial charge in [-0.05, 0) is 18.6 Å². The molecule has 0 spiro atoms. The van der Waals surface area contributed by atoms with E-state index in [1.807, 2.05) is 37.3 Å². The lowest BCUT2D eigenvalue weighted by Gasteiger charge is -1.95. The normalized spacial score (nSPS) is 10.3. The third-order valence-corrected chi connectivity index (χ3v) is 2.35. The monoisotopic (exact) mass is 247 g/mol. The van der Waals surface area contributed by atoms with Gasteiger partial charge in [0.2, 0.25) is 5.89 Å². The van der Waals surface area contributed by atoms with E-state index in [1.165, 1.54) is 0 Å². The highest BCUT2D eigenvalue weighted by Crippen LogP contribution is 2.28. The molecule has 0 fully saturated rings. The Balaban J connectivity index is 2.35. The molecule has 0 saturated carbocycles. The summed E-state index contributed by atoms with van der Waals surface area (Å²) in [5.74, 6) is 0.332. The van der Waals surface area contributed by atoms with Crippen LogP contribution in [-0.4, -0.2) is 16.2 Å². The van der Waals surface area contributed by atoms with Gasteiger partial charge in [0.1, 0.15) is 5.69 Å². The van der Waals surface area contributed by atoms with Crippen molar-refractivity contribution in [1.82, 2.24) is 4.98 Å². The standard InChI is InChI=1S/C13H13NO4/c1-2-6-10-12(18-13(15)16)17-11(14-10)9-7-4-3-5-8-9/h3-5,7-8H,2,6H2,1H3,(H,15,16). The average molecular weight is 247 g/mol. The second kappa shape index (κ2) is 5.35. The molecule has 0 aliphatic heterocycles. The van der Waals surface area contributed by atoms with Gasteiger partial charge in [0.15, 0.2) is 0 Å².